The zero-order chi connectivity index (χ0) is 69.5. The molecule has 0 rings (SSSR count). The summed E-state index contributed by atoms with van der Waals surface area (Å²) in [5.41, 5.74) is 0. The quantitative estimate of drug-likeness (QED) is 0.0146. The first-order chi connectivity index (χ1) is 46.2. The minimum Gasteiger partial charge on any atom is -0.463 e. The number of esters is 3. The Bertz CT molecular complexity index is 2210. The highest BCUT2D eigenvalue weighted by atomic mass is 31.2. The number of phosphoric ester groups is 2. The summed E-state index contributed by atoms with van der Waals surface area (Å²) in [6, 6.07) is 0. The molecule has 0 aromatic rings. The summed E-state index contributed by atoms with van der Waals surface area (Å²) in [4.78, 5) is 58.5. The molecule has 0 aliphatic carbocycles. The second-order valence-corrected chi connectivity index (χ2v) is 27.3. The predicted molar refractivity (Wildman–Crippen MR) is 390 cm³/mol. The van der Waals surface area contributed by atoms with Gasteiger partial charge in [0.1, 0.15) is 25.4 Å². The fourth-order valence-electron chi connectivity index (χ4n) is 9.52. The molecule has 0 fully saturated rings. The van der Waals surface area contributed by atoms with Gasteiger partial charge in [0.25, 0.3) is 0 Å². The SMILES string of the molecule is CC/C=C\C/C=C\C/C=C\CCCCCCCC(=O)OC(COC(=O)CCCCCCCC/C=C\C/C=C\C/C=C\CCCCC)COP(=O)(O)OCC(O)COP(=O)(O)OCC(O)COC(=O)CCCCCCCCCCC/C=C\C/C=C\C/C=C\C/C=C\CCCCC. The molecule has 0 aliphatic rings. The summed E-state index contributed by atoms with van der Waals surface area (Å²) < 4.78 is 61.0. The van der Waals surface area contributed by atoms with Crippen LogP contribution in [0.2, 0.25) is 0 Å². The van der Waals surface area contributed by atoms with E-state index >= 15 is 0 Å². The van der Waals surface area contributed by atoms with Gasteiger partial charge in [-0.2, -0.15) is 0 Å². The molecule has 0 aromatic carbocycles. The van der Waals surface area contributed by atoms with E-state index in [2.05, 4.69) is 142 Å². The van der Waals surface area contributed by atoms with Crippen molar-refractivity contribution in [2.75, 3.05) is 39.6 Å². The van der Waals surface area contributed by atoms with Crippen molar-refractivity contribution in [1.82, 2.24) is 0 Å². The first kappa shape index (κ1) is 91.0. The van der Waals surface area contributed by atoms with E-state index in [4.69, 9.17) is 32.3 Å². The summed E-state index contributed by atoms with van der Waals surface area (Å²) in [6.45, 7) is 2.47. The summed E-state index contributed by atoms with van der Waals surface area (Å²) in [6.07, 6.45) is 81.0. The predicted octanol–water partition coefficient (Wildman–Crippen LogP) is 21.0. The molecular formula is C77H132O16P2. The molecule has 16 nitrogen and oxygen atoms in total. The minimum atomic E-state index is -4.94. The molecule has 0 heterocycles. The van der Waals surface area contributed by atoms with Crippen molar-refractivity contribution in [3.63, 3.8) is 0 Å². The van der Waals surface area contributed by atoms with Crippen molar-refractivity contribution in [1.29, 1.82) is 0 Å². The fraction of sp³-hybridized carbons (Fsp3) is 0.701. The zero-order valence-electron chi connectivity index (χ0n) is 59.3. The number of rotatable bonds is 69. The Hall–Kier alpha value is -4.05. The second kappa shape index (κ2) is 69.8. The number of hydrogen-bond acceptors (Lipinski definition) is 14. The molecule has 0 aliphatic heterocycles. The molecule has 4 N–H and O–H groups in total. The number of hydrogen-bond donors (Lipinski definition) is 4. The van der Waals surface area contributed by atoms with Crippen LogP contribution in [0.4, 0.5) is 0 Å². The average Bonchev–Trinajstić information content (AvgIpc) is 1.93. The van der Waals surface area contributed by atoms with E-state index in [0.29, 0.717) is 19.3 Å². The van der Waals surface area contributed by atoms with Gasteiger partial charge >= 0.3 is 33.6 Å². The molecule has 0 saturated heterocycles. The molecule has 0 spiro atoms. The van der Waals surface area contributed by atoms with E-state index in [1.54, 1.807) is 0 Å². The van der Waals surface area contributed by atoms with Gasteiger partial charge in [0.05, 0.1) is 26.4 Å². The van der Waals surface area contributed by atoms with E-state index in [1.165, 1.54) is 70.6 Å². The Labute approximate surface area is 576 Å². The maximum atomic E-state index is 12.9. The van der Waals surface area contributed by atoms with Gasteiger partial charge in [0.15, 0.2) is 6.10 Å². The third-order valence-electron chi connectivity index (χ3n) is 15.1. The van der Waals surface area contributed by atoms with Gasteiger partial charge in [0.2, 0.25) is 0 Å². The molecule has 5 unspecified atom stereocenters. The normalized spacial score (nSPS) is 14.8. The summed E-state index contributed by atoms with van der Waals surface area (Å²) in [5.74, 6) is -1.62. The molecule has 0 aromatic heterocycles. The van der Waals surface area contributed by atoms with Crippen LogP contribution in [0.15, 0.2) is 122 Å². The Kier molecular flexibility index (Phi) is 66.9. The molecule has 0 radical (unpaired) electrons. The highest BCUT2D eigenvalue weighted by Gasteiger charge is 2.29. The summed E-state index contributed by atoms with van der Waals surface area (Å²) >= 11 is 0. The Balaban J connectivity index is 4.62. The lowest BCUT2D eigenvalue weighted by molar-refractivity contribution is -0.161. The summed E-state index contributed by atoms with van der Waals surface area (Å²) in [7, 11) is -9.80. The van der Waals surface area contributed by atoms with Crippen LogP contribution in [0, 0.1) is 0 Å². The highest BCUT2D eigenvalue weighted by Crippen LogP contribution is 2.45. The van der Waals surface area contributed by atoms with Crippen LogP contribution in [0.1, 0.15) is 290 Å². The lowest BCUT2D eigenvalue weighted by Gasteiger charge is -2.21. The van der Waals surface area contributed by atoms with Crippen LogP contribution in [0.5, 0.6) is 0 Å². The number of carbonyl (C=O) groups is 3. The van der Waals surface area contributed by atoms with Gasteiger partial charge < -0.3 is 34.2 Å². The Morgan fingerprint density at radius 1 is 0.305 bits per heavy atom. The lowest BCUT2D eigenvalue weighted by Crippen LogP contribution is -2.30. The molecule has 546 valence electrons. The number of aliphatic hydroxyl groups is 2. The molecule has 18 heteroatoms. The van der Waals surface area contributed by atoms with Crippen molar-refractivity contribution >= 4 is 33.6 Å². The largest absolute Gasteiger partial charge is 0.472 e. The number of ether oxygens (including phenoxy) is 3. The number of allylic oxidation sites excluding steroid dienone is 20. The van der Waals surface area contributed by atoms with Gasteiger partial charge in [-0.1, -0.05) is 258 Å². The van der Waals surface area contributed by atoms with Crippen molar-refractivity contribution < 1.29 is 75.8 Å². The second-order valence-electron chi connectivity index (χ2n) is 24.4. The third kappa shape index (κ3) is 71.1. The molecular weight excluding hydrogens is 1240 g/mol. The molecule has 95 heavy (non-hydrogen) atoms. The molecule has 0 saturated carbocycles. The van der Waals surface area contributed by atoms with Crippen molar-refractivity contribution in [3.05, 3.63) is 122 Å². The van der Waals surface area contributed by atoms with E-state index < -0.39 is 91.5 Å². The van der Waals surface area contributed by atoms with Crippen molar-refractivity contribution in [2.24, 2.45) is 0 Å². The Morgan fingerprint density at radius 3 is 0.884 bits per heavy atom. The van der Waals surface area contributed by atoms with Crippen LogP contribution >= 0.6 is 15.6 Å². The van der Waals surface area contributed by atoms with E-state index in [-0.39, 0.29) is 19.3 Å². The average molecular weight is 1380 g/mol. The van der Waals surface area contributed by atoms with Crippen LogP contribution in [-0.4, -0.2) is 95.9 Å². The standard InChI is InChI=1S/C77H132O16P2/c1-4-7-10-13-16-19-22-25-28-30-32-33-34-35-36-37-39-41-43-45-48-51-54-57-60-63-75(80)87-66-72(78)67-89-94(83,84)90-68-73(79)69-91-95(85,86)92-71-74(93-77(82)65-62-59-56-53-50-47-42-27-24-21-18-15-12-9-6-3)70-88-76(81)64-61-58-55-52-49-46-44-40-38-31-29-26-23-20-17-14-11-8-5-2/h9,12,16-21,25-29,32-33,35-36,38,40,42,72-74,78-79H,4-8,10-11,13-15,22-24,30-31,34,37,39,41,43-71H2,1-3H3,(H,83,84)(H,85,86)/b12-9-,19-16-,20-17-,21-18-,28-25-,29-26-,33-32-,36-35-,40-38-,42-27-. The van der Waals surface area contributed by atoms with Gasteiger partial charge in [0, 0.05) is 19.3 Å². The molecule has 5 atom stereocenters. The van der Waals surface area contributed by atoms with Crippen molar-refractivity contribution in [2.45, 2.75) is 309 Å². The first-order valence-electron chi connectivity index (χ1n) is 36.8. The van der Waals surface area contributed by atoms with E-state index in [0.717, 1.165) is 161 Å². The smallest absolute Gasteiger partial charge is 0.463 e. The third-order valence-corrected chi connectivity index (χ3v) is 17.0. The first-order valence-corrected chi connectivity index (χ1v) is 39.8. The Morgan fingerprint density at radius 2 is 0.558 bits per heavy atom. The van der Waals surface area contributed by atoms with Crippen LogP contribution in [0.25, 0.3) is 0 Å². The lowest BCUT2D eigenvalue weighted by atomic mass is 10.1. The number of aliphatic hydroxyl groups excluding tert-OH is 2. The number of phosphoric acid groups is 2. The fourth-order valence-corrected chi connectivity index (χ4v) is 11.1. The molecule has 0 bridgehead atoms. The van der Waals surface area contributed by atoms with E-state index in [1.807, 2.05) is 0 Å². The minimum absolute atomic E-state index is 0.0794. The van der Waals surface area contributed by atoms with Gasteiger partial charge in [-0.15, -0.1) is 0 Å². The van der Waals surface area contributed by atoms with Gasteiger partial charge in [-0.3, -0.25) is 32.5 Å². The van der Waals surface area contributed by atoms with Gasteiger partial charge in [-0.25, -0.2) is 9.13 Å². The monoisotopic (exact) mass is 1370 g/mol. The number of unbranched alkanes of at least 4 members (excludes halogenated alkanes) is 26. The zero-order valence-corrected chi connectivity index (χ0v) is 61.1. The molecule has 0 amide bonds. The summed E-state index contributed by atoms with van der Waals surface area (Å²) in [5, 5.41) is 20.6. The van der Waals surface area contributed by atoms with Crippen LogP contribution in [0.3, 0.4) is 0 Å². The number of carbonyl (C=O) groups excluding carboxylic acids is 3. The topological polar surface area (TPSA) is 231 Å². The van der Waals surface area contributed by atoms with Gasteiger partial charge in [-0.05, 0) is 135 Å². The maximum absolute atomic E-state index is 12.9. The van der Waals surface area contributed by atoms with Crippen molar-refractivity contribution in [3.8, 4) is 0 Å². The highest BCUT2D eigenvalue weighted by molar-refractivity contribution is 7.47. The van der Waals surface area contributed by atoms with E-state index in [9.17, 15) is 43.5 Å². The van der Waals surface area contributed by atoms with Crippen LogP contribution < -0.4 is 0 Å². The maximum Gasteiger partial charge on any atom is 0.472 e. The van der Waals surface area contributed by atoms with Crippen LogP contribution in [-0.2, 0) is 55.8 Å².